The summed E-state index contributed by atoms with van der Waals surface area (Å²) in [6.45, 7) is 5.60. The summed E-state index contributed by atoms with van der Waals surface area (Å²) in [5.41, 5.74) is 1.68. The van der Waals surface area contributed by atoms with E-state index in [1.807, 2.05) is 30.3 Å². The lowest BCUT2D eigenvalue weighted by Gasteiger charge is -2.34. The molecule has 1 unspecified atom stereocenters. The maximum atomic E-state index is 12.5. The monoisotopic (exact) mass is 398 g/mol. The molecule has 0 spiro atoms. The molecule has 2 aliphatic rings. The van der Waals surface area contributed by atoms with Crippen molar-refractivity contribution in [2.75, 3.05) is 25.4 Å². The first-order valence-electron chi connectivity index (χ1n) is 9.78. The Kier molecular flexibility index (Phi) is 7.05. The second-order valence-electron chi connectivity index (χ2n) is 6.86. The molecule has 0 amide bonds. The number of nitrogens with zero attached hydrogens (tertiary/aromatic N) is 2. The van der Waals surface area contributed by atoms with Crippen LogP contribution in [-0.2, 0) is 14.3 Å². The number of carbonyl (C=O) groups excluding carboxylic acids is 1. The largest absolute Gasteiger partial charge is 0.462 e. The number of carbonyl (C=O) groups is 1. The lowest BCUT2D eigenvalue weighted by atomic mass is 9.93. The van der Waals surface area contributed by atoms with E-state index in [0.717, 1.165) is 31.5 Å². The van der Waals surface area contributed by atoms with Gasteiger partial charge in [-0.1, -0.05) is 30.3 Å². The van der Waals surface area contributed by atoms with Gasteiger partial charge in [0.25, 0.3) is 0 Å². The number of allylic oxidation sites excluding steroid dienone is 2. The molecule has 0 radical (unpaired) electrons. The molecule has 3 rings (SSSR count). The number of esters is 1. The zero-order valence-electron chi connectivity index (χ0n) is 16.4. The van der Waals surface area contributed by atoms with Gasteiger partial charge >= 0.3 is 5.97 Å². The van der Waals surface area contributed by atoms with E-state index < -0.39 is 0 Å². The van der Waals surface area contributed by atoms with Crippen molar-refractivity contribution in [3.63, 3.8) is 0 Å². The Morgan fingerprint density at radius 2 is 2.00 bits per heavy atom. The molecule has 5 nitrogen and oxygen atoms in total. The van der Waals surface area contributed by atoms with E-state index in [-0.39, 0.29) is 11.9 Å². The van der Waals surface area contributed by atoms with E-state index in [4.69, 9.17) is 9.47 Å². The number of nitriles is 1. The minimum atomic E-state index is -0.366. The Balaban J connectivity index is 2.07. The van der Waals surface area contributed by atoms with Crippen LogP contribution in [0, 0.1) is 11.3 Å². The fraction of sp³-hybridized carbons (Fsp3) is 0.455. The van der Waals surface area contributed by atoms with Gasteiger partial charge in [0.1, 0.15) is 16.7 Å². The number of ether oxygens (including phenoxy) is 2. The van der Waals surface area contributed by atoms with E-state index in [0.29, 0.717) is 34.5 Å². The molecule has 0 bridgehead atoms. The quantitative estimate of drug-likeness (QED) is 0.694. The zero-order chi connectivity index (χ0) is 19.9. The van der Waals surface area contributed by atoms with Crippen LogP contribution in [0.3, 0.4) is 0 Å². The summed E-state index contributed by atoms with van der Waals surface area (Å²) >= 11 is 1.40. The molecule has 0 N–H and O–H groups in total. The minimum absolute atomic E-state index is 0.148. The van der Waals surface area contributed by atoms with Gasteiger partial charge < -0.3 is 14.4 Å². The van der Waals surface area contributed by atoms with Crippen molar-refractivity contribution in [2.24, 2.45) is 0 Å². The van der Waals surface area contributed by atoms with Gasteiger partial charge in [0, 0.05) is 24.8 Å². The number of benzene rings is 1. The maximum absolute atomic E-state index is 12.5. The zero-order valence-corrected chi connectivity index (χ0v) is 17.3. The van der Waals surface area contributed by atoms with Gasteiger partial charge in [-0.3, -0.25) is 0 Å². The molecule has 28 heavy (non-hydrogen) atoms. The molecule has 1 saturated heterocycles. The summed E-state index contributed by atoms with van der Waals surface area (Å²) in [6.07, 6.45) is 3.33. The van der Waals surface area contributed by atoms with Crippen LogP contribution >= 0.6 is 11.8 Å². The Morgan fingerprint density at radius 1 is 1.29 bits per heavy atom. The molecule has 0 aliphatic carbocycles. The third kappa shape index (κ3) is 4.53. The predicted molar refractivity (Wildman–Crippen MR) is 110 cm³/mol. The second-order valence-corrected chi connectivity index (χ2v) is 7.89. The summed E-state index contributed by atoms with van der Waals surface area (Å²) < 4.78 is 11.4. The normalized spacial score (nSPS) is 25.9. The highest BCUT2D eigenvalue weighted by atomic mass is 32.2. The van der Waals surface area contributed by atoms with Gasteiger partial charge in [0.05, 0.1) is 12.2 Å². The van der Waals surface area contributed by atoms with Crippen LogP contribution in [0.1, 0.15) is 44.6 Å². The van der Waals surface area contributed by atoms with Crippen molar-refractivity contribution in [3.8, 4) is 6.07 Å². The van der Waals surface area contributed by atoms with Crippen LogP contribution in [-0.4, -0.2) is 36.3 Å². The molecule has 1 aromatic carbocycles. The summed E-state index contributed by atoms with van der Waals surface area (Å²) in [5.74, 6) is 1.17. The molecule has 1 atom stereocenters. The molecule has 2 aliphatic heterocycles. The van der Waals surface area contributed by atoms with Gasteiger partial charge in [-0.15, -0.1) is 11.8 Å². The van der Waals surface area contributed by atoms with E-state index in [9.17, 15) is 10.1 Å². The van der Waals surface area contributed by atoms with Gasteiger partial charge in [0.15, 0.2) is 0 Å². The lowest BCUT2D eigenvalue weighted by Crippen LogP contribution is -2.32. The number of hydrogen-bond donors (Lipinski definition) is 0. The maximum Gasteiger partial charge on any atom is 0.348 e. The average molecular weight is 399 g/mol. The van der Waals surface area contributed by atoms with Crippen LogP contribution in [0.25, 0.3) is 0 Å². The third-order valence-electron chi connectivity index (χ3n) is 4.97. The van der Waals surface area contributed by atoms with Crippen molar-refractivity contribution < 1.29 is 14.3 Å². The van der Waals surface area contributed by atoms with Crippen molar-refractivity contribution in [1.29, 1.82) is 5.26 Å². The topological polar surface area (TPSA) is 62.6 Å². The molecule has 0 saturated carbocycles. The highest BCUT2D eigenvalue weighted by Gasteiger charge is 2.31. The van der Waals surface area contributed by atoms with E-state index >= 15 is 0 Å². The summed E-state index contributed by atoms with van der Waals surface area (Å²) in [5, 5.41) is 10.1. The smallest absolute Gasteiger partial charge is 0.348 e. The number of piperidine rings is 1. The predicted octanol–water partition coefficient (Wildman–Crippen LogP) is 4.55. The van der Waals surface area contributed by atoms with Crippen molar-refractivity contribution >= 4 is 17.7 Å². The van der Waals surface area contributed by atoms with Gasteiger partial charge in [-0.05, 0) is 38.7 Å². The van der Waals surface area contributed by atoms with Crippen LogP contribution < -0.4 is 0 Å². The molecule has 148 valence electrons. The van der Waals surface area contributed by atoms with Crippen molar-refractivity contribution in [3.05, 3.63) is 58.0 Å². The van der Waals surface area contributed by atoms with E-state index in [1.165, 1.54) is 18.2 Å². The molecule has 1 fully saturated rings. The SMILES string of the molecule is CCOC(=O)/C1=C(\C)O/C(N2CCCCC2)=C(/C#N)C(c2ccccc2)CS1. The highest BCUT2D eigenvalue weighted by molar-refractivity contribution is 8.04. The van der Waals surface area contributed by atoms with Crippen molar-refractivity contribution in [1.82, 2.24) is 4.90 Å². The molecular formula is C22H26N2O3S. The molecule has 2 heterocycles. The van der Waals surface area contributed by atoms with Crippen LogP contribution in [0.4, 0.5) is 0 Å². The second kappa shape index (κ2) is 9.70. The summed E-state index contributed by atoms with van der Waals surface area (Å²) in [4.78, 5) is 15.1. The van der Waals surface area contributed by atoms with E-state index in [1.54, 1.807) is 13.8 Å². The fourth-order valence-corrected chi connectivity index (χ4v) is 4.67. The Bertz CT molecular complexity index is 805. The first-order chi connectivity index (χ1) is 13.7. The number of rotatable bonds is 4. The standard InChI is InChI=1S/C22H26N2O3S/c1-3-26-22(25)20-16(2)27-21(24-12-8-5-9-13-24)18(14-23)19(15-28-20)17-10-6-4-7-11-17/h4,6-7,10-11,19H,3,5,8-9,12-13,15H2,1-2H3/b20-16-,21-18-. The van der Waals surface area contributed by atoms with Crippen LogP contribution in [0.5, 0.6) is 0 Å². The number of likely N-dealkylation sites (tertiary alicyclic amines) is 1. The Hall–Kier alpha value is -2.39. The average Bonchev–Trinajstić information content (AvgIpc) is 2.72. The lowest BCUT2D eigenvalue weighted by molar-refractivity contribution is -0.137. The van der Waals surface area contributed by atoms with Crippen LogP contribution in [0.15, 0.2) is 52.5 Å². The first kappa shape index (κ1) is 20.3. The Morgan fingerprint density at radius 3 is 2.64 bits per heavy atom. The first-order valence-corrected chi connectivity index (χ1v) is 10.8. The third-order valence-corrected chi connectivity index (χ3v) is 6.21. The molecule has 1 aromatic rings. The number of thioether (sulfide) groups is 1. The van der Waals surface area contributed by atoms with Gasteiger partial charge in [-0.25, -0.2) is 4.79 Å². The molecule has 0 aromatic heterocycles. The molecule has 6 heteroatoms. The van der Waals surface area contributed by atoms with E-state index in [2.05, 4.69) is 11.0 Å². The van der Waals surface area contributed by atoms with Gasteiger partial charge in [0.2, 0.25) is 5.88 Å². The fourth-order valence-electron chi connectivity index (χ4n) is 3.55. The summed E-state index contributed by atoms with van der Waals surface area (Å²) in [7, 11) is 0. The van der Waals surface area contributed by atoms with Crippen LogP contribution in [0.2, 0.25) is 0 Å². The highest BCUT2D eigenvalue weighted by Crippen LogP contribution is 2.39. The minimum Gasteiger partial charge on any atom is -0.462 e. The summed E-state index contributed by atoms with van der Waals surface area (Å²) in [6, 6.07) is 12.4. The van der Waals surface area contributed by atoms with Gasteiger partial charge in [-0.2, -0.15) is 5.26 Å². The Labute approximate surface area is 171 Å². The van der Waals surface area contributed by atoms with Crippen molar-refractivity contribution in [2.45, 2.75) is 39.0 Å². The number of hydrogen-bond acceptors (Lipinski definition) is 6. The molecular weight excluding hydrogens is 372 g/mol.